The zero-order valence-corrected chi connectivity index (χ0v) is 5.22. The molecular weight excluding hydrogens is 150 g/mol. The molecule has 1 rings (SSSR count). The average molecular weight is 153 g/mol. The van der Waals surface area contributed by atoms with E-state index in [0.29, 0.717) is 0 Å². The van der Waals surface area contributed by atoms with E-state index in [0.717, 1.165) is 0 Å². The summed E-state index contributed by atoms with van der Waals surface area (Å²) >= 11 is 0. The fourth-order valence-corrected chi connectivity index (χ4v) is 0.482. The molecule has 7 nitrogen and oxygen atoms in total. The summed E-state index contributed by atoms with van der Waals surface area (Å²) < 4.78 is 4.16. The first kappa shape index (κ1) is 7.01. The highest BCUT2D eigenvalue weighted by Crippen LogP contribution is 2.04. The molecule has 0 atom stereocenters. The molecule has 0 saturated heterocycles. The van der Waals surface area contributed by atoms with Crippen molar-refractivity contribution in [3.05, 3.63) is 5.69 Å². The topological polar surface area (TPSA) is 121 Å². The first-order chi connectivity index (χ1) is 5.29. The van der Waals surface area contributed by atoms with Crippen LogP contribution in [-0.2, 0) is 0 Å². The summed E-state index contributed by atoms with van der Waals surface area (Å²) in [5.41, 5.74) is 4.79. The van der Waals surface area contributed by atoms with Crippen molar-refractivity contribution in [1.29, 1.82) is 5.26 Å². The minimum absolute atomic E-state index is 0.0602. The molecule has 0 aromatic carbocycles. The van der Waals surface area contributed by atoms with Crippen molar-refractivity contribution in [2.45, 2.75) is 0 Å². The first-order valence-electron chi connectivity index (χ1n) is 2.50. The minimum atomic E-state index is -0.330. The largest absolute Gasteiger partial charge is 0.410 e. The number of aromatic nitrogens is 2. The molecular formula is C4H3N5O2. The van der Waals surface area contributed by atoms with Gasteiger partial charge in [-0.3, -0.25) is 0 Å². The zero-order valence-electron chi connectivity index (χ0n) is 5.22. The van der Waals surface area contributed by atoms with Crippen LogP contribution in [0.5, 0.6) is 0 Å². The number of hydrogen-bond acceptors (Lipinski definition) is 7. The number of hydrogen-bond donors (Lipinski definition) is 2. The van der Waals surface area contributed by atoms with Gasteiger partial charge in [-0.1, -0.05) is 5.16 Å². The van der Waals surface area contributed by atoms with Gasteiger partial charge in [-0.05, 0) is 10.3 Å². The van der Waals surface area contributed by atoms with Crippen LogP contribution < -0.4 is 5.73 Å². The third-order valence-electron chi connectivity index (χ3n) is 0.944. The Bertz CT molecular complexity index is 321. The monoisotopic (exact) mass is 153 g/mol. The standard InChI is InChI=1S/C4H3N5O2/c5-1-2(7-10)3-4(6)9-11-8-3/h10H,(H2,6,9)/b7-2+. The summed E-state index contributed by atoms with van der Waals surface area (Å²) in [6.45, 7) is 0. The Morgan fingerprint density at radius 2 is 2.45 bits per heavy atom. The number of nitriles is 1. The van der Waals surface area contributed by atoms with Crippen LogP contribution >= 0.6 is 0 Å². The SMILES string of the molecule is N#C/C(=N\O)c1nonc1N. The van der Waals surface area contributed by atoms with Gasteiger partial charge in [0, 0.05) is 0 Å². The maximum absolute atomic E-state index is 8.32. The second kappa shape index (κ2) is 2.66. The van der Waals surface area contributed by atoms with E-state index < -0.39 is 0 Å². The van der Waals surface area contributed by atoms with Gasteiger partial charge in [0.2, 0.25) is 5.71 Å². The maximum atomic E-state index is 8.32. The fraction of sp³-hybridized carbons (Fsp3) is 0. The Morgan fingerprint density at radius 3 is 2.82 bits per heavy atom. The molecule has 0 amide bonds. The van der Waals surface area contributed by atoms with Crippen LogP contribution in [0.3, 0.4) is 0 Å². The lowest BCUT2D eigenvalue weighted by Crippen LogP contribution is -2.01. The normalized spacial score (nSPS) is 11.0. The van der Waals surface area contributed by atoms with E-state index in [2.05, 4.69) is 20.1 Å². The van der Waals surface area contributed by atoms with Crippen molar-refractivity contribution < 1.29 is 9.84 Å². The van der Waals surface area contributed by atoms with E-state index >= 15 is 0 Å². The van der Waals surface area contributed by atoms with Crippen LogP contribution in [-0.4, -0.2) is 21.2 Å². The van der Waals surface area contributed by atoms with Gasteiger partial charge in [0.1, 0.15) is 6.07 Å². The Morgan fingerprint density at radius 1 is 1.73 bits per heavy atom. The fourth-order valence-electron chi connectivity index (χ4n) is 0.482. The van der Waals surface area contributed by atoms with Crippen LogP contribution in [0, 0.1) is 11.3 Å². The predicted octanol–water partition coefficient (Wildman–Crippen LogP) is -0.646. The lowest BCUT2D eigenvalue weighted by molar-refractivity contribution is 0.305. The Labute approximate surface area is 60.7 Å². The van der Waals surface area contributed by atoms with Gasteiger partial charge >= 0.3 is 0 Å². The molecule has 0 aliphatic heterocycles. The van der Waals surface area contributed by atoms with Crippen LogP contribution in [0.15, 0.2) is 9.78 Å². The highest BCUT2D eigenvalue weighted by atomic mass is 16.6. The lowest BCUT2D eigenvalue weighted by Gasteiger charge is -1.84. The molecule has 0 saturated carbocycles. The molecule has 0 radical (unpaired) electrons. The molecule has 1 heterocycles. The molecule has 11 heavy (non-hydrogen) atoms. The highest BCUT2D eigenvalue weighted by Gasteiger charge is 2.13. The highest BCUT2D eigenvalue weighted by molar-refractivity contribution is 6.12. The number of nitrogens with zero attached hydrogens (tertiary/aromatic N) is 4. The van der Waals surface area contributed by atoms with Crippen molar-refractivity contribution in [1.82, 2.24) is 10.3 Å². The van der Waals surface area contributed by atoms with Crippen molar-refractivity contribution >= 4 is 11.5 Å². The van der Waals surface area contributed by atoms with Crippen LogP contribution in [0.2, 0.25) is 0 Å². The van der Waals surface area contributed by atoms with Gasteiger partial charge in [0.05, 0.1) is 0 Å². The lowest BCUT2D eigenvalue weighted by atomic mass is 10.3. The van der Waals surface area contributed by atoms with Gasteiger partial charge in [-0.25, -0.2) is 4.63 Å². The van der Waals surface area contributed by atoms with E-state index in [9.17, 15) is 0 Å². The molecule has 7 heteroatoms. The molecule has 3 N–H and O–H groups in total. The number of nitrogen functional groups attached to an aromatic ring is 1. The van der Waals surface area contributed by atoms with Gasteiger partial charge in [-0.15, -0.1) is 0 Å². The van der Waals surface area contributed by atoms with Crippen molar-refractivity contribution in [2.75, 3.05) is 5.73 Å². The molecule has 0 aliphatic carbocycles. The zero-order chi connectivity index (χ0) is 8.27. The van der Waals surface area contributed by atoms with E-state index in [1.54, 1.807) is 6.07 Å². The minimum Gasteiger partial charge on any atom is -0.410 e. The summed E-state index contributed by atoms with van der Waals surface area (Å²) in [5.74, 6) is -0.0839. The number of anilines is 1. The second-order valence-electron chi connectivity index (χ2n) is 1.56. The van der Waals surface area contributed by atoms with Crippen molar-refractivity contribution in [3.8, 4) is 6.07 Å². The molecule has 0 bridgehead atoms. The molecule has 56 valence electrons. The Hall–Kier alpha value is -2.10. The summed E-state index contributed by atoms with van der Waals surface area (Å²) in [4.78, 5) is 0. The molecule has 1 aromatic rings. The number of nitrogens with two attached hydrogens (primary N) is 1. The second-order valence-corrected chi connectivity index (χ2v) is 1.56. The van der Waals surface area contributed by atoms with E-state index in [-0.39, 0.29) is 17.2 Å². The molecule has 0 fully saturated rings. The van der Waals surface area contributed by atoms with Crippen molar-refractivity contribution in [2.24, 2.45) is 5.16 Å². The quantitative estimate of drug-likeness (QED) is 0.314. The average Bonchev–Trinajstić information content (AvgIpc) is 2.40. The maximum Gasteiger partial charge on any atom is 0.212 e. The van der Waals surface area contributed by atoms with Crippen LogP contribution in [0.4, 0.5) is 5.82 Å². The van der Waals surface area contributed by atoms with E-state index in [1.165, 1.54) is 0 Å². The van der Waals surface area contributed by atoms with E-state index in [4.69, 9.17) is 16.2 Å². The smallest absolute Gasteiger partial charge is 0.212 e. The summed E-state index contributed by atoms with van der Waals surface area (Å²) in [7, 11) is 0. The van der Waals surface area contributed by atoms with E-state index in [1.807, 2.05) is 0 Å². The van der Waals surface area contributed by atoms with Gasteiger partial charge in [-0.2, -0.15) is 5.26 Å². The number of oxime groups is 1. The predicted molar refractivity (Wildman–Crippen MR) is 32.6 cm³/mol. The molecule has 0 spiro atoms. The molecule has 0 unspecified atom stereocenters. The van der Waals surface area contributed by atoms with Crippen LogP contribution in [0.25, 0.3) is 0 Å². The van der Waals surface area contributed by atoms with Gasteiger partial charge in [0.15, 0.2) is 11.5 Å². The summed E-state index contributed by atoms with van der Waals surface area (Å²) in [6, 6.07) is 1.55. The summed E-state index contributed by atoms with van der Waals surface area (Å²) in [6.07, 6.45) is 0. The third-order valence-corrected chi connectivity index (χ3v) is 0.944. The molecule has 0 aliphatic rings. The molecule has 1 aromatic heterocycles. The number of rotatable bonds is 1. The van der Waals surface area contributed by atoms with Crippen molar-refractivity contribution in [3.63, 3.8) is 0 Å². The Kier molecular flexibility index (Phi) is 1.69. The van der Waals surface area contributed by atoms with Crippen LogP contribution in [0.1, 0.15) is 5.69 Å². The first-order valence-corrected chi connectivity index (χ1v) is 2.50. The van der Waals surface area contributed by atoms with Gasteiger partial charge < -0.3 is 10.9 Å². The summed E-state index contributed by atoms with van der Waals surface area (Å²) in [5, 5.41) is 25.6. The Balaban J connectivity index is 3.13. The van der Waals surface area contributed by atoms with Gasteiger partial charge in [0.25, 0.3) is 0 Å². The third kappa shape index (κ3) is 1.09.